The van der Waals surface area contributed by atoms with Crippen LogP contribution in [0.2, 0.25) is 0 Å². The van der Waals surface area contributed by atoms with Crippen molar-refractivity contribution in [1.29, 1.82) is 0 Å². The molecular weight excluding hydrogens is 266 g/mol. The summed E-state index contributed by atoms with van der Waals surface area (Å²) >= 11 is 0. The normalized spacial score (nSPS) is 19.6. The Morgan fingerprint density at radius 1 is 0.857 bits per heavy atom. The Bertz CT molecular complexity index is 504. The van der Waals surface area contributed by atoms with Gasteiger partial charge in [0.15, 0.2) is 0 Å². The number of nitro benzene ring substituents is 1. The van der Waals surface area contributed by atoms with E-state index in [1.165, 1.54) is 25.7 Å². The van der Waals surface area contributed by atoms with E-state index in [1.54, 1.807) is 6.07 Å². The molecule has 2 aliphatic rings. The molecule has 0 bridgehead atoms. The quantitative estimate of drug-likeness (QED) is 0.630. The third-order valence-electron chi connectivity index (χ3n) is 4.57. The molecule has 1 aromatic rings. The van der Waals surface area contributed by atoms with Crippen molar-refractivity contribution in [3.05, 3.63) is 28.3 Å². The molecule has 0 atom stereocenters. The lowest BCUT2D eigenvalue weighted by Gasteiger charge is -2.24. The Hall–Kier alpha value is -1.78. The molecule has 0 N–H and O–H groups in total. The van der Waals surface area contributed by atoms with Crippen molar-refractivity contribution in [3.8, 4) is 0 Å². The summed E-state index contributed by atoms with van der Waals surface area (Å²) in [4.78, 5) is 15.7. The summed E-state index contributed by atoms with van der Waals surface area (Å²) in [7, 11) is 0. The molecule has 0 saturated carbocycles. The van der Waals surface area contributed by atoms with Gasteiger partial charge in [-0.25, -0.2) is 0 Å². The van der Waals surface area contributed by atoms with Gasteiger partial charge >= 0.3 is 0 Å². The number of anilines is 2. The molecule has 2 saturated heterocycles. The molecule has 3 rings (SSSR count). The van der Waals surface area contributed by atoms with Crippen LogP contribution in [0.4, 0.5) is 17.1 Å². The van der Waals surface area contributed by atoms with Gasteiger partial charge < -0.3 is 9.80 Å². The van der Waals surface area contributed by atoms with Crippen LogP contribution in [0.3, 0.4) is 0 Å². The average Bonchev–Trinajstić information content (AvgIpc) is 2.89. The van der Waals surface area contributed by atoms with E-state index in [0.29, 0.717) is 0 Å². The summed E-state index contributed by atoms with van der Waals surface area (Å²) in [5, 5.41) is 11.5. The first-order valence-electron chi connectivity index (χ1n) is 8.04. The van der Waals surface area contributed by atoms with Gasteiger partial charge in [-0.2, -0.15) is 0 Å². The van der Waals surface area contributed by atoms with E-state index < -0.39 is 0 Å². The summed E-state index contributed by atoms with van der Waals surface area (Å²) in [5.74, 6) is 0. The zero-order valence-electron chi connectivity index (χ0n) is 12.5. The lowest BCUT2D eigenvalue weighted by atomic mass is 10.2. The van der Waals surface area contributed by atoms with Gasteiger partial charge in [0.2, 0.25) is 0 Å². The Morgan fingerprint density at radius 2 is 1.43 bits per heavy atom. The van der Waals surface area contributed by atoms with Crippen LogP contribution in [0.15, 0.2) is 18.2 Å². The molecule has 1 aromatic carbocycles. The second kappa shape index (κ2) is 6.33. The third kappa shape index (κ3) is 3.12. The van der Waals surface area contributed by atoms with E-state index in [1.807, 2.05) is 6.07 Å². The Kier molecular flexibility index (Phi) is 4.27. The van der Waals surface area contributed by atoms with E-state index >= 15 is 0 Å². The molecule has 5 heteroatoms. The van der Waals surface area contributed by atoms with Crippen molar-refractivity contribution in [2.45, 2.75) is 38.5 Å². The average molecular weight is 289 g/mol. The molecule has 0 aliphatic carbocycles. The molecule has 114 valence electrons. The zero-order chi connectivity index (χ0) is 14.7. The van der Waals surface area contributed by atoms with Crippen LogP contribution in [-0.2, 0) is 0 Å². The standard InChI is InChI=1S/C16H23N3O2/c20-19(21)16-13-14(17-9-5-6-10-17)7-8-15(16)18-11-3-1-2-4-12-18/h7-8,13H,1-6,9-12H2. The fraction of sp³-hybridized carbons (Fsp3) is 0.625. The van der Waals surface area contributed by atoms with Gasteiger partial charge in [-0.15, -0.1) is 0 Å². The van der Waals surface area contributed by atoms with Crippen LogP contribution in [0.25, 0.3) is 0 Å². The first kappa shape index (κ1) is 14.2. The van der Waals surface area contributed by atoms with Crippen LogP contribution in [-0.4, -0.2) is 31.1 Å². The van der Waals surface area contributed by atoms with Gasteiger partial charge in [-0.05, 0) is 37.8 Å². The summed E-state index contributed by atoms with van der Waals surface area (Å²) in [6, 6.07) is 5.78. The number of rotatable bonds is 3. The molecule has 0 unspecified atom stereocenters. The first-order valence-corrected chi connectivity index (χ1v) is 8.04. The van der Waals surface area contributed by atoms with Gasteiger partial charge in [0.25, 0.3) is 5.69 Å². The molecule has 0 radical (unpaired) electrons. The predicted molar refractivity (Wildman–Crippen MR) is 85.2 cm³/mol. The molecule has 2 heterocycles. The third-order valence-corrected chi connectivity index (χ3v) is 4.57. The summed E-state index contributed by atoms with van der Waals surface area (Å²) < 4.78 is 0. The lowest BCUT2D eigenvalue weighted by Crippen LogP contribution is -2.25. The highest BCUT2D eigenvalue weighted by molar-refractivity contribution is 5.70. The fourth-order valence-electron chi connectivity index (χ4n) is 3.41. The molecular formula is C16H23N3O2. The molecule has 0 spiro atoms. The number of nitro groups is 1. The number of hydrogen-bond donors (Lipinski definition) is 0. The second-order valence-corrected chi connectivity index (χ2v) is 6.03. The Balaban J connectivity index is 1.90. The smallest absolute Gasteiger partial charge is 0.294 e. The number of hydrogen-bond acceptors (Lipinski definition) is 4. The van der Waals surface area contributed by atoms with E-state index in [2.05, 4.69) is 15.9 Å². The second-order valence-electron chi connectivity index (χ2n) is 6.03. The van der Waals surface area contributed by atoms with Gasteiger partial charge in [-0.1, -0.05) is 12.8 Å². The van der Waals surface area contributed by atoms with Crippen LogP contribution in [0.1, 0.15) is 38.5 Å². The van der Waals surface area contributed by atoms with Crippen molar-refractivity contribution < 1.29 is 4.92 Å². The van der Waals surface area contributed by atoms with Crippen molar-refractivity contribution >= 4 is 17.1 Å². The van der Waals surface area contributed by atoms with Crippen molar-refractivity contribution in [2.24, 2.45) is 0 Å². The maximum absolute atomic E-state index is 11.5. The van der Waals surface area contributed by atoms with Crippen molar-refractivity contribution in [1.82, 2.24) is 0 Å². The van der Waals surface area contributed by atoms with Crippen LogP contribution in [0.5, 0.6) is 0 Å². The molecule has 0 aromatic heterocycles. The van der Waals surface area contributed by atoms with E-state index in [9.17, 15) is 10.1 Å². The van der Waals surface area contributed by atoms with Crippen molar-refractivity contribution in [3.63, 3.8) is 0 Å². The van der Waals surface area contributed by atoms with Crippen LogP contribution >= 0.6 is 0 Å². The Labute approximate surface area is 125 Å². The fourth-order valence-corrected chi connectivity index (χ4v) is 3.41. The van der Waals surface area contributed by atoms with Gasteiger partial charge in [0.05, 0.1) is 4.92 Å². The van der Waals surface area contributed by atoms with Gasteiger partial charge in [0, 0.05) is 37.9 Å². The molecule has 2 aliphatic heterocycles. The van der Waals surface area contributed by atoms with E-state index in [-0.39, 0.29) is 10.6 Å². The number of benzene rings is 1. The highest BCUT2D eigenvalue weighted by Crippen LogP contribution is 2.34. The number of nitrogens with zero attached hydrogens (tertiary/aromatic N) is 3. The van der Waals surface area contributed by atoms with Crippen LogP contribution in [0, 0.1) is 10.1 Å². The largest absolute Gasteiger partial charge is 0.371 e. The summed E-state index contributed by atoms with van der Waals surface area (Å²) in [6.45, 7) is 3.90. The highest BCUT2D eigenvalue weighted by Gasteiger charge is 2.23. The highest BCUT2D eigenvalue weighted by atomic mass is 16.6. The SMILES string of the molecule is O=[N+]([O-])c1cc(N2CCCC2)ccc1N1CCCCCC1. The molecule has 0 amide bonds. The van der Waals surface area contributed by atoms with E-state index in [0.717, 1.165) is 50.4 Å². The van der Waals surface area contributed by atoms with Crippen LogP contribution < -0.4 is 9.80 Å². The van der Waals surface area contributed by atoms with Crippen molar-refractivity contribution in [2.75, 3.05) is 36.0 Å². The first-order chi connectivity index (χ1) is 10.3. The topological polar surface area (TPSA) is 49.6 Å². The maximum Gasteiger partial charge on any atom is 0.294 e. The summed E-state index contributed by atoms with van der Waals surface area (Å²) in [6.07, 6.45) is 7.09. The Morgan fingerprint density at radius 3 is 2.05 bits per heavy atom. The molecule has 2 fully saturated rings. The minimum absolute atomic E-state index is 0.222. The van der Waals surface area contributed by atoms with Gasteiger partial charge in [-0.3, -0.25) is 10.1 Å². The predicted octanol–water partition coefficient (Wildman–Crippen LogP) is 3.58. The molecule has 21 heavy (non-hydrogen) atoms. The lowest BCUT2D eigenvalue weighted by molar-refractivity contribution is -0.384. The minimum Gasteiger partial charge on any atom is -0.371 e. The molecule has 5 nitrogen and oxygen atoms in total. The maximum atomic E-state index is 11.5. The monoisotopic (exact) mass is 289 g/mol. The van der Waals surface area contributed by atoms with Gasteiger partial charge in [0.1, 0.15) is 5.69 Å². The minimum atomic E-state index is -0.222. The van der Waals surface area contributed by atoms with E-state index in [4.69, 9.17) is 0 Å². The zero-order valence-corrected chi connectivity index (χ0v) is 12.5. The summed E-state index contributed by atoms with van der Waals surface area (Å²) in [5.41, 5.74) is 2.06.